The quantitative estimate of drug-likeness (QED) is 0.552. The maximum atomic E-state index is 7.20. The van der Waals surface area contributed by atoms with E-state index in [2.05, 4.69) is 16.7 Å². The molecular formula is C9H17N5. The molecule has 0 aliphatic rings. The van der Waals surface area contributed by atoms with Crippen LogP contribution in [0.15, 0.2) is 4.99 Å². The summed E-state index contributed by atoms with van der Waals surface area (Å²) in [5.74, 6) is 1.23. The Balaban J connectivity index is 0.000000791. The van der Waals surface area contributed by atoms with Crippen molar-refractivity contribution in [2.45, 2.75) is 20.8 Å². The molecule has 0 radical (unpaired) electrons. The van der Waals surface area contributed by atoms with Gasteiger partial charge in [0.25, 0.3) is 0 Å². The highest BCUT2D eigenvalue weighted by molar-refractivity contribution is 5.97. The average molecular weight is 195 g/mol. The van der Waals surface area contributed by atoms with Crippen LogP contribution in [0.25, 0.3) is 0 Å². The number of aromatic nitrogens is 2. The molecule has 0 amide bonds. The third-order valence-electron chi connectivity index (χ3n) is 1.69. The predicted octanol–water partition coefficient (Wildman–Crippen LogP) is 1.37. The second-order valence-corrected chi connectivity index (χ2v) is 2.46. The van der Waals surface area contributed by atoms with E-state index in [1.165, 1.54) is 0 Å². The lowest BCUT2D eigenvalue weighted by atomic mass is 10.4. The van der Waals surface area contributed by atoms with Crippen LogP contribution in [-0.4, -0.2) is 22.1 Å². The summed E-state index contributed by atoms with van der Waals surface area (Å²) in [4.78, 5) is 7.80. The number of amidine groups is 1. The molecule has 78 valence electrons. The Bertz CT molecular complexity index is 337. The van der Waals surface area contributed by atoms with Gasteiger partial charge in [-0.3, -0.25) is 5.41 Å². The van der Waals surface area contributed by atoms with Gasteiger partial charge in [-0.05, 0) is 13.6 Å². The minimum absolute atomic E-state index is 0.0823. The van der Waals surface area contributed by atoms with E-state index < -0.39 is 0 Å². The van der Waals surface area contributed by atoms with Crippen LogP contribution >= 0.6 is 0 Å². The van der Waals surface area contributed by atoms with Gasteiger partial charge in [0, 0.05) is 7.05 Å². The molecule has 3 N–H and O–H groups in total. The number of aliphatic imine (C=N–C) groups is 1. The summed E-state index contributed by atoms with van der Waals surface area (Å²) >= 11 is 0. The van der Waals surface area contributed by atoms with Gasteiger partial charge < -0.3 is 10.3 Å². The van der Waals surface area contributed by atoms with Crippen LogP contribution in [0, 0.1) is 12.3 Å². The van der Waals surface area contributed by atoms with Gasteiger partial charge in [0.15, 0.2) is 5.82 Å². The zero-order chi connectivity index (χ0) is 11.3. The van der Waals surface area contributed by atoms with Gasteiger partial charge in [-0.1, -0.05) is 13.8 Å². The van der Waals surface area contributed by atoms with Crippen molar-refractivity contribution in [1.29, 1.82) is 5.41 Å². The first-order chi connectivity index (χ1) is 6.57. The number of aryl methyl sites for hydroxylation is 1. The topological polar surface area (TPSA) is 80.1 Å². The molecule has 0 aliphatic heterocycles. The first kappa shape index (κ1) is 12.3. The minimum atomic E-state index is -0.0823. The van der Waals surface area contributed by atoms with Crippen molar-refractivity contribution in [3.63, 3.8) is 0 Å². The van der Waals surface area contributed by atoms with Crippen LogP contribution in [-0.2, 0) is 7.05 Å². The lowest BCUT2D eigenvalue weighted by Gasteiger charge is -1.97. The van der Waals surface area contributed by atoms with Crippen LogP contribution in [0.4, 0.5) is 5.82 Å². The van der Waals surface area contributed by atoms with Crippen molar-refractivity contribution >= 4 is 18.4 Å². The summed E-state index contributed by atoms with van der Waals surface area (Å²) in [6, 6.07) is 0. The number of nitrogen functional groups attached to an aromatic ring is 1. The van der Waals surface area contributed by atoms with Gasteiger partial charge in [0.1, 0.15) is 17.4 Å². The first-order valence-corrected chi connectivity index (χ1v) is 4.42. The molecule has 1 aromatic rings. The minimum Gasteiger partial charge on any atom is -0.382 e. The zero-order valence-corrected chi connectivity index (χ0v) is 9.13. The van der Waals surface area contributed by atoms with Crippen molar-refractivity contribution in [2.75, 3.05) is 0 Å². The summed E-state index contributed by atoms with van der Waals surface area (Å²) < 4.78 is 1.74. The standard InChI is InChI=1S/C7H11N5.C2H6/c1-4-11-5(6(8)9)7(10-2)12(4)3;1-2/h2H2,1,3H3,(H3,8,9);1-2H3. The lowest BCUT2D eigenvalue weighted by Crippen LogP contribution is -2.11. The maximum absolute atomic E-state index is 7.20. The summed E-state index contributed by atoms with van der Waals surface area (Å²) in [6.07, 6.45) is 0. The van der Waals surface area contributed by atoms with Gasteiger partial charge >= 0.3 is 0 Å². The molecule has 0 saturated heterocycles. The molecule has 0 atom stereocenters. The molecule has 0 fully saturated rings. The molecule has 14 heavy (non-hydrogen) atoms. The van der Waals surface area contributed by atoms with E-state index in [1.54, 1.807) is 11.6 Å². The average Bonchev–Trinajstić information content (AvgIpc) is 2.47. The number of nitrogens with two attached hydrogens (primary N) is 1. The van der Waals surface area contributed by atoms with E-state index in [0.29, 0.717) is 11.5 Å². The Hall–Kier alpha value is -1.65. The molecule has 0 bridgehead atoms. The first-order valence-electron chi connectivity index (χ1n) is 4.42. The van der Waals surface area contributed by atoms with Crippen molar-refractivity contribution in [3.05, 3.63) is 11.5 Å². The lowest BCUT2D eigenvalue weighted by molar-refractivity contribution is 0.859. The SMILES string of the molecule is C=Nc1c(C(=N)N)nc(C)n1C.CC. The van der Waals surface area contributed by atoms with Crippen LogP contribution < -0.4 is 5.73 Å². The number of nitrogens with one attached hydrogen (secondary N) is 1. The van der Waals surface area contributed by atoms with Gasteiger partial charge in [-0.15, -0.1) is 0 Å². The highest BCUT2D eigenvalue weighted by atomic mass is 15.1. The number of nitrogens with zero attached hydrogens (tertiary/aromatic N) is 3. The van der Waals surface area contributed by atoms with Gasteiger partial charge in [0.2, 0.25) is 0 Å². The Morgan fingerprint density at radius 1 is 1.57 bits per heavy atom. The number of hydrogen-bond donors (Lipinski definition) is 2. The molecule has 0 saturated carbocycles. The summed E-state index contributed by atoms with van der Waals surface area (Å²) in [6.45, 7) is 9.21. The number of imidazole rings is 1. The van der Waals surface area contributed by atoms with E-state index in [0.717, 1.165) is 5.82 Å². The molecular weight excluding hydrogens is 178 g/mol. The second kappa shape index (κ2) is 5.16. The Morgan fingerprint density at radius 3 is 2.36 bits per heavy atom. The van der Waals surface area contributed by atoms with Crippen LogP contribution in [0.5, 0.6) is 0 Å². The molecule has 1 aromatic heterocycles. The largest absolute Gasteiger partial charge is 0.382 e. The van der Waals surface area contributed by atoms with E-state index in [4.69, 9.17) is 11.1 Å². The van der Waals surface area contributed by atoms with Crippen molar-refractivity contribution in [1.82, 2.24) is 9.55 Å². The Morgan fingerprint density at radius 2 is 2.07 bits per heavy atom. The fraction of sp³-hybridized carbons (Fsp3) is 0.444. The molecule has 0 aromatic carbocycles. The van der Waals surface area contributed by atoms with Crippen LogP contribution in [0.1, 0.15) is 25.4 Å². The Kier molecular flexibility index (Phi) is 4.55. The fourth-order valence-electron chi connectivity index (χ4n) is 0.961. The van der Waals surface area contributed by atoms with Crippen molar-refractivity contribution in [2.24, 2.45) is 17.8 Å². The van der Waals surface area contributed by atoms with Crippen molar-refractivity contribution < 1.29 is 0 Å². The molecule has 1 rings (SSSR count). The zero-order valence-electron chi connectivity index (χ0n) is 9.13. The normalized spacial score (nSPS) is 8.86. The van der Waals surface area contributed by atoms with E-state index in [9.17, 15) is 0 Å². The maximum Gasteiger partial charge on any atom is 0.162 e. The Labute approximate surface area is 84.2 Å². The highest BCUT2D eigenvalue weighted by Crippen LogP contribution is 2.17. The van der Waals surface area contributed by atoms with Crippen molar-refractivity contribution in [3.8, 4) is 0 Å². The van der Waals surface area contributed by atoms with Gasteiger partial charge in [-0.25, -0.2) is 9.98 Å². The monoisotopic (exact) mass is 195 g/mol. The van der Waals surface area contributed by atoms with Gasteiger partial charge in [0.05, 0.1) is 0 Å². The number of rotatable bonds is 2. The fourth-order valence-corrected chi connectivity index (χ4v) is 0.961. The smallest absolute Gasteiger partial charge is 0.162 e. The molecule has 0 aliphatic carbocycles. The molecule has 0 spiro atoms. The predicted molar refractivity (Wildman–Crippen MR) is 59.5 cm³/mol. The van der Waals surface area contributed by atoms with Crippen LogP contribution in [0.3, 0.4) is 0 Å². The third-order valence-corrected chi connectivity index (χ3v) is 1.69. The molecule has 5 heteroatoms. The second-order valence-electron chi connectivity index (χ2n) is 2.46. The third kappa shape index (κ3) is 2.18. The summed E-state index contributed by atoms with van der Waals surface area (Å²) in [5, 5.41) is 7.20. The van der Waals surface area contributed by atoms with Crippen LogP contribution in [0.2, 0.25) is 0 Å². The molecule has 0 unspecified atom stereocenters. The van der Waals surface area contributed by atoms with Gasteiger partial charge in [-0.2, -0.15) is 0 Å². The summed E-state index contributed by atoms with van der Waals surface area (Å²) in [7, 11) is 1.80. The molecule has 1 heterocycles. The van der Waals surface area contributed by atoms with E-state index in [-0.39, 0.29) is 5.84 Å². The number of hydrogen-bond acceptors (Lipinski definition) is 3. The highest BCUT2D eigenvalue weighted by Gasteiger charge is 2.12. The van der Waals surface area contributed by atoms with E-state index >= 15 is 0 Å². The molecule has 5 nitrogen and oxygen atoms in total. The summed E-state index contributed by atoms with van der Waals surface area (Å²) in [5.41, 5.74) is 5.69. The van der Waals surface area contributed by atoms with E-state index in [1.807, 2.05) is 20.8 Å².